The molecule has 0 saturated heterocycles. The SMILES string of the molecule is O=S(=O)(O)c1cccc2cccc(Cl)c12.[Na]. The minimum atomic E-state index is -4.24. The van der Waals surface area contributed by atoms with Crippen LogP contribution >= 0.6 is 11.6 Å². The molecule has 1 N–H and O–H groups in total. The Morgan fingerprint density at radius 2 is 1.62 bits per heavy atom. The zero-order chi connectivity index (χ0) is 11.1. The van der Waals surface area contributed by atoms with E-state index in [0.29, 0.717) is 15.8 Å². The van der Waals surface area contributed by atoms with Crippen molar-refractivity contribution in [1.29, 1.82) is 0 Å². The van der Waals surface area contributed by atoms with Crippen molar-refractivity contribution in [3.05, 3.63) is 41.4 Å². The first kappa shape index (κ1) is 14.0. The van der Waals surface area contributed by atoms with Gasteiger partial charge in [0.1, 0.15) is 4.90 Å². The van der Waals surface area contributed by atoms with Crippen LogP contribution in [0.2, 0.25) is 5.02 Å². The number of rotatable bonds is 1. The molecule has 0 aliphatic heterocycles. The molecule has 0 fully saturated rings. The molecule has 0 saturated carbocycles. The summed E-state index contributed by atoms with van der Waals surface area (Å²) in [6, 6.07) is 9.65. The zero-order valence-corrected chi connectivity index (χ0v) is 12.1. The van der Waals surface area contributed by atoms with E-state index in [2.05, 4.69) is 0 Å². The molecule has 3 nitrogen and oxygen atoms in total. The molecule has 0 unspecified atom stereocenters. The van der Waals surface area contributed by atoms with Crippen LogP contribution in [0, 0.1) is 0 Å². The predicted molar refractivity (Wildman–Crippen MR) is 64.5 cm³/mol. The van der Waals surface area contributed by atoms with Crippen molar-refractivity contribution in [2.45, 2.75) is 4.90 Å². The fraction of sp³-hybridized carbons (Fsp3) is 0. The first-order valence-electron chi connectivity index (χ1n) is 4.15. The van der Waals surface area contributed by atoms with Gasteiger partial charge in [-0.05, 0) is 17.5 Å². The molecule has 0 aliphatic carbocycles. The van der Waals surface area contributed by atoms with E-state index in [9.17, 15) is 8.42 Å². The average Bonchev–Trinajstić information content (AvgIpc) is 2.16. The van der Waals surface area contributed by atoms with Gasteiger partial charge in [0.2, 0.25) is 0 Å². The Bertz CT molecular complexity index is 620. The number of fused-ring (bicyclic) bond motifs is 1. The summed E-state index contributed by atoms with van der Waals surface area (Å²) < 4.78 is 31.2. The minimum absolute atomic E-state index is 0. The van der Waals surface area contributed by atoms with Crippen molar-refractivity contribution in [1.82, 2.24) is 0 Å². The van der Waals surface area contributed by atoms with E-state index >= 15 is 0 Å². The molecular weight excluding hydrogens is 259 g/mol. The summed E-state index contributed by atoms with van der Waals surface area (Å²) in [4.78, 5) is -0.161. The summed E-state index contributed by atoms with van der Waals surface area (Å²) in [7, 11) is -4.24. The smallest absolute Gasteiger partial charge is 0.282 e. The molecule has 0 heterocycles. The van der Waals surface area contributed by atoms with Gasteiger partial charge in [0, 0.05) is 40.0 Å². The van der Waals surface area contributed by atoms with Crippen molar-refractivity contribution in [3.8, 4) is 0 Å². The largest absolute Gasteiger partial charge is 0.295 e. The molecule has 0 amide bonds. The Labute approximate surface area is 120 Å². The van der Waals surface area contributed by atoms with Gasteiger partial charge in [-0.15, -0.1) is 0 Å². The van der Waals surface area contributed by atoms with Gasteiger partial charge in [0.15, 0.2) is 0 Å². The van der Waals surface area contributed by atoms with E-state index in [-0.39, 0.29) is 34.5 Å². The fourth-order valence-electron chi connectivity index (χ4n) is 1.48. The Balaban J connectivity index is 0.00000128. The van der Waals surface area contributed by atoms with Crippen LogP contribution in [-0.2, 0) is 10.1 Å². The topological polar surface area (TPSA) is 54.4 Å². The third-order valence-corrected chi connectivity index (χ3v) is 3.30. The van der Waals surface area contributed by atoms with Crippen LogP contribution in [0.1, 0.15) is 0 Å². The van der Waals surface area contributed by atoms with Crippen LogP contribution in [-0.4, -0.2) is 42.5 Å². The Kier molecular flexibility index (Phi) is 4.40. The molecule has 16 heavy (non-hydrogen) atoms. The van der Waals surface area contributed by atoms with Crippen LogP contribution in [0.3, 0.4) is 0 Å². The van der Waals surface area contributed by atoms with E-state index in [0.717, 1.165) is 0 Å². The summed E-state index contributed by atoms with van der Waals surface area (Å²) in [6.07, 6.45) is 0. The summed E-state index contributed by atoms with van der Waals surface area (Å²) in [6.45, 7) is 0. The number of hydrogen-bond donors (Lipinski definition) is 1. The van der Waals surface area contributed by atoms with Crippen molar-refractivity contribution < 1.29 is 13.0 Å². The predicted octanol–water partition coefficient (Wildman–Crippen LogP) is 2.36. The molecule has 6 heteroatoms. The summed E-state index contributed by atoms with van der Waals surface area (Å²) in [5.74, 6) is 0. The standard InChI is InChI=1S/C10H7ClO3S.Na/c11-8-5-1-3-7-4-2-6-9(10(7)8)15(12,13)14;/h1-6H,(H,12,13,14);. The van der Waals surface area contributed by atoms with E-state index in [4.69, 9.17) is 16.2 Å². The molecule has 0 aliphatic rings. The van der Waals surface area contributed by atoms with Crippen LogP contribution in [0.5, 0.6) is 0 Å². The molecule has 1 radical (unpaired) electrons. The van der Waals surface area contributed by atoms with Gasteiger partial charge in [0.25, 0.3) is 10.1 Å². The fourth-order valence-corrected chi connectivity index (χ4v) is 2.55. The molecule has 2 aromatic rings. The molecule has 0 atom stereocenters. The molecular formula is C10H7ClNaO3S. The van der Waals surface area contributed by atoms with Crippen LogP contribution in [0.25, 0.3) is 10.8 Å². The van der Waals surface area contributed by atoms with E-state index in [1.807, 2.05) is 0 Å². The number of halogens is 1. The average molecular weight is 266 g/mol. The first-order valence-corrected chi connectivity index (χ1v) is 5.97. The van der Waals surface area contributed by atoms with Gasteiger partial charge in [-0.3, -0.25) is 4.55 Å². The molecule has 0 bridgehead atoms. The molecule has 0 aromatic heterocycles. The van der Waals surface area contributed by atoms with Crippen molar-refractivity contribution in [3.63, 3.8) is 0 Å². The van der Waals surface area contributed by atoms with E-state index in [1.165, 1.54) is 6.07 Å². The van der Waals surface area contributed by atoms with Gasteiger partial charge in [0.05, 0.1) is 0 Å². The van der Waals surface area contributed by atoms with Crippen LogP contribution < -0.4 is 0 Å². The first-order chi connectivity index (χ1) is 7.00. The molecule has 0 spiro atoms. The minimum Gasteiger partial charge on any atom is -0.282 e. The van der Waals surface area contributed by atoms with Gasteiger partial charge in [-0.1, -0.05) is 35.9 Å². The Hall–Kier alpha value is -0.1000. The molecule has 2 rings (SSSR count). The molecule has 79 valence electrons. The van der Waals surface area contributed by atoms with Crippen molar-refractivity contribution >= 4 is 62.0 Å². The van der Waals surface area contributed by atoms with Crippen LogP contribution in [0.15, 0.2) is 41.3 Å². The third kappa shape index (κ3) is 2.59. The maximum Gasteiger partial charge on any atom is 0.295 e. The monoisotopic (exact) mass is 265 g/mol. The maximum absolute atomic E-state index is 11.1. The second-order valence-electron chi connectivity index (χ2n) is 3.07. The third-order valence-electron chi connectivity index (χ3n) is 2.09. The van der Waals surface area contributed by atoms with E-state index in [1.54, 1.807) is 30.3 Å². The van der Waals surface area contributed by atoms with E-state index < -0.39 is 10.1 Å². The van der Waals surface area contributed by atoms with Crippen molar-refractivity contribution in [2.75, 3.05) is 0 Å². The number of benzene rings is 2. The van der Waals surface area contributed by atoms with Crippen LogP contribution in [0.4, 0.5) is 0 Å². The van der Waals surface area contributed by atoms with Gasteiger partial charge in [-0.2, -0.15) is 8.42 Å². The molecule has 2 aromatic carbocycles. The normalized spacial score (nSPS) is 11.1. The Morgan fingerprint density at radius 1 is 1.06 bits per heavy atom. The van der Waals surface area contributed by atoms with Gasteiger partial charge >= 0.3 is 0 Å². The van der Waals surface area contributed by atoms with Crippen molar-refractivity contribution in [2.24, 2.45) is 0 Å². The summed E-state index contributed by atoms with van der Waals surface area (Å²) in [5.41, 5.74) is 0. The zero-order valence-electron chi connectivity index (χ0n) is 8.51. The van der Waals surface area contributed by atoms with Gasteiger partial charge in [-0.25, -0.2) is 0 Å². The number of hydrogen-bond acceptors (Lipinski definition) is 2. The maximum atomic E-state index is 11.1. The summed E-state index contributed by atoms with van der Waals surface area (Å²) >= 11 is 5.89. The second-order valence-corrected chi connectivity index (χ2v) is 4.87. The second kappa shape index (κ2) is 5.04. The van der Waals surface area contributed by atoms with Gasteiger partial charge < -0.3 is 0 Å². The summed E-state index contributed by atoms with van der Waals surface area (Å²) in [5, 5.41) is 1.34. The quantitative estimate of drug-likeness (QED) is 0.636. The Morgan fingerprint density at radius 3 is 2.19 bits per heavy atom.